The van der Waals surface area contributed by atoms with Gasteiger partial charge in [-0.15, -0.1) is 6.58 Å². The number of rotatable bonds is 6. The van der Waals surface area contributed by atoms with Gasteiger partial charge in [0.1, 0.15) is 0 Å². The molecule has 3 rings (SSSR count). The standard InChI is InChI=1S/C23H30O3/c1-4-15-26-23(14-9-8-12-21(23)18(2)3)20-13-16-24-22(25-17-20)19-10-6-5-7-11-19/h4-7,10-11,13,21-22H,1-2,8-9,12,14-17H2,3H3/t21-,22?,23+/m0/s1. The van der Waals surface area contributed by atoms with Crippen molar-refractivity contribution in [2.75, 3.05) is 19.8 Å². The molecule has 3 heteroatoms. The highest BCUT2D eigenvalue weighted by atomic mass is 16.7. The molecule has 3 atom stereocenters. The third kappa shape index (κ3) is 4.01. The lowest BCUT2D eigenvalue weighted by Gasteiger charge is -2.46. The molecule has 0 aromatic heterocycles. The Kier molecular flexibility index (Phi) is 6.47. The lowest BCUT2D eigenvalue weighted by molar-refractivity contribution is -0.134. The first-order valence-electron chi connectivity index (χ1n) is 9.55. The molecule has 0 amide bonds. The van der Waals surface area contributed by atoms with Crippen LogP contribution >= 0.6 is 0 Å². The van der Waals surface area contributed by atoms with Gasteiger partial charge in [0.25, 0.3) is 0 Å². The van der Waals surface area contributed by atoms with Gasteiger partial charge < -0.3 is 14.2 Å². The van der Waals surface area contributed by atoms with Gasteiger partial charge in [-0.1, -0.05) is 67.5 Å². The molecule has 1 fully saturated rings. The average molecular weight is 354 g/mol. The van der Waals surface area contributed by atoms with Gasteiger partial charge in [-0.2, -0.15) is 0 Å². The van der Waals surface area contributed by atoms with Gasteiger partial charge in [0.15, 0.2) is 6.29 Å². The van der Waals surface area contributed by atoms with Crippen LogP contribution in [-0.2, 0) is 14.2 Å². The summed E-state index contributed by atoms with van der Waals surface area (Å²) in [5.74, 6) is 0.305. The van der Waals surface area contributed by atoms with E-state index in [0.29, 0.717) is 25.7 Å². The first kappa shape index (κ1) is 19.1. The van der Waals surface area contributed by atoms with E-state index in [1.807, 2.05) is 36.4 Å². The zero-order valence-corrected chi connectivity index (χ0v) is 15.8. The summed E-state index contributed by atoms with van der Waals surface area (Å²) >= 11 is 0. The zero-order chi connectivity index (χ0) is 18.4. The van der Waals surface area contributed by atoms with Gasteiger partial charge in [0.05, 0.1) is 25.4 Å². The average Bonchev–Trinajstić information content (AvgIpc) is 2.94. The summed E-state index contributed by atoms with van der Waals surface area (Å²) in [5.41, 5.74) is 3.06. The van der Waals surface area contributed by atoms with E-state index in [1.165, 1.54) is 17.6 Å². The Morgan fingerprint density at radius 3 is 2.81 bits per heavy atom. The quantitative estimate of drug-likeness (QED) is 0.643. The zero-order valence-electron chi connectivity index (χ0n) is 15.8. The van der Waals surface area contributed by atoms with E-state index >= 15 is 0 Å². The molecule has 1 unspecified atom stereocenters. The Labute approximate surface area is 157 Å². The predicted molar refractivity (Wildman–Crippen MR) is 105 cm³/mol. The third-order valence-electron chi connectivity index (χ3n) is 5.49. The van der Waals surface area contributed by atoms with Crippen molar-refractivity contribution in [3.63, 3.8) is 0 Å². The summed E-state index contributed by atoms with van der Waals surface area (Å²) in [7, 11) is 0. The minimum absolute atomic E-state index is 0.305. The molecule has 1 aliphatic carbocycles. The number of hydrogen-bond acceptors (Lipinski definition) is 3. The van der Waals surface area contributed by atoms with Crippen LogP contribution in [0.25, 0.3) is 0 Å². The molecule has 1 aromatic carbocycles. The van der Waals surface area contributed by atoms with Crippen LogP contribution in [0.15, 0.2) is 66.8 Å². The van der Waals surface area contributed by atoms with E-state index in [4.69, 9.17) is 14.2 Å². The van der Waals surface area contributed by atoms with Gasteiger partial charge in [-0.05, 0) is 25.3 Å². The normalized spacial score (nSPS) is 29.5. The van der Waals surface area contributed by atoms with E-state index in [0.717, 1.165) is 24.8 Å². The predicted octanol–water partition coefficient (Wildman–Crippen LogP) is 5.37. The molecule has 0 saturated heterocycles. The Hall–Kier alpha value is -1.68. The highest BCUT2D eigenvalue weighted by molar-refractivity contribution is 5.27. The molecule has 1 aromatic rings. The second-order valence-corrected chi connectivity index (χ2v) is 7.25. The van der Waals surface area contributed by atoms with Crippen LogP contribution in [0.2, 0.25) is 0 Å². The van der Waals surface area contributed by atoms with Crippen molar-refractivity contribution in [1.82, 2.24) is 0 Å². The van der Waals surface area contributed by atoms with Crippen molar-refractivity contribution in [2.24, 2.45) is 5.92 Å². The summed E-state index contributed by atoms with van der Waals surface area (Å²) < 4.78 is 18.6. The van der Waals surface area contributed by atoms with Crippen LogP contribution in [-0.4, -0.2) is 25.4 Å². The molecule has 0 radical (unpaired) electrons. The second-order valence-electron chi connectivity index (χ2n) is 7.25. The summed E-state index contributed by atoms with van der Waals surface area (Å²) in [6.45, 7) is 11.8. The fourth-order valence-corrected chi connectivity index (χ4v) is 4.25. The molecule has 0 N–H and O–H groups in total. The number of hydrogen-bond donors (Lipinski definition) is 0. The van der Waals surface area contributed by atoms with Crippen LogP contribution in [0.4, 0.5) is 0 Å². The first-order chi connectivity index (χ1) is 12.7. The molecule has 1 saturated carbocycles. The molecule has 2 aliphatic rings. The van der Waals surface area contributed by atoms with Gasteiger partial charge in [-0.3, -0.25) is 0 Å². The first-order valence-corrected chi connectivity index (χ1v) is 9.55. The molecule has 140 valence electrons. The SMILES string of the molecule is C=CCO[C@@]1(C2=CCOC(c3ccccc3)OC2)CCCC[C@H]1C(=C)C. The summed E-state index contributed by atoms with van der Waals surface area (Å²) in [6.07, 6.45) is 8.11. The fourth-order valence-electron chi connectivity index (χ4n) is 4.25. The lowest BCUT2D eigenvalue weighted by atomic mass is 9.68. The lowest BCUT2D eigenvalue weighted by Crippen LogP contribution is -2.47. The molecule has 3 nitrogen and oxygen atoms in total. The van der Waals surface area contributed by atoms with Crippen LogP contribution in [0, 0.1) is 5.92 Å². The van der Waals surface area contributed by atoms with Crippen LogP contribution in [0.1, 0.15) is 44.5 Å². The van der Waals surface area contributed by atoms with Crippen LogP contribution in [0.5, 0.6) is 0 Å². The highest BCUT2D eigenvalue weighted by Gasteiger charge is 2.45. The van der Waals surface area contributed by atoms with Crippen molar-refractivity contribution in [3.8, 4) is 0 Å². The summed E-state index contributed by atoms with van der Waals surface area (Å²) in [4.78, 5) is 0. The monoisotopic (exact) mass is 354 g/mol. The Bertz CT molecular complexity index is 649. The molecule has 26 heavy (non-hydrogen) atoms. The van der Waals surface area contributed by atoms with E-state index < -0.39 is 0 Å². The van der Waals surface area contributed by atoms with Gasteiger partial charge in [0, 0.05) is 11.5 Å². The van der Waals surface area contributed by atoms with Crippen molar-refractivity contribution in [2.45, 2.75) is 44.5 Å². The van der Waals surface area contributed by atoms with Gasteiger partial charge >= 0.3 is 0 Å². The Balaban J connectivity index is 1.83. The Morgan fingerprint density at radius 2 is 2.08 bits per heavy atom. The smallest absolute Gasteiger partial charge is 0.184 e. The molecular formula is C23H30O3. The molecule has 1 aliphatic heterocycles. The van der Waals surface area contributed by atoms with E-state index in [-0.39, 0.29) is 11.9 Å². The number of benzene rings is 1. The van der Waals surface area contributed by atoms with Crippen molar-refractivity contribution >= 4 is 0 Å². The van der Waals surface area contributed by atoms with E-state index in [1.54, 1.807) is 0 Å². The Morgan fingerprint density at radius 1 is 1.27 bits per heavy atom. The van der Waals surface area contributed by atoms with Crippen molar-refractivity contribution < 1.29 is 14.2 Å². The fraction of sp³-hybridized carbons (Fsp3) is 0.478. The summed E-state index contributed by atoms with van der Waals surface area (Å²) in [5, 5.41) is 0. The minimum atomic E-state index is -0.354. The third-order valence-corrected chi connectivity index (χ3v) is 5.49. The van der Waals surface area contributed by atoms with Gasteiger partial charge in [-0.25, -0.2) is 0 Å². The van der Waals surface area contributed by atoms with Crippen molar-refractivity contribution in [3.05, 3.63) is 72.4 Å². The molecule has 0 spiro atoms. The molecule has 0 bridgehead atoms. The largest absolute Gasteiger partial charge is 0.366 e. The maximum absolute atomic E-state index is 6.45. The van der Waals surface area contributed by atoms with Crippen LogP contribution < -0.4 is 0 Å². The van der Waals surface area contributed by atoms with E-state index in [9.17, 15) is 0 Å². The topological polar surface area (TPSA) is 27.7 Å². The maximum Gasteiger partial charge on any atom is 0.184 e. The molecule has 1 heterocycles. The molecular weight excluding hydrogens is 324 g/mol. The van der Waals surface area contributed by atoms with Crippen LogP contribution in [0.3, 0.4) is 0 Å². The second kappa shape index (κ2) is 8.81. The number of ether oxygens (including phenoxy) is 3. The van der Waals surface area contributed by atoms with E-state index in [2.05, 4.69) is 26.2 Å². The minimum Gasteiger partial charge on any atom is -0.366 e. The highest BCUT2D eigenvalue weighted by Crippen LogP contribution is 2.46. The summed E-state index contributed by atoms with van der Waals surface area (Å²) in [6, 6.07) is 10.1. The maximum atomic E-state index is 6.45. The van der Waals surface area contributed by atoms with Gasteiger partial charge in [0.2, 0.25) is 0 Å². The van der Waals surface area contributed by atoms with Crippen molar-refractivity contribution in [1.29, 1.82) is 0 Å².